The van der Waals surface area contributed by atoms with Gasteiger partial charge in [0.25, 0.3) is 0 Å². The van der Waals surface area contributed by atoms with E-state index in [1.807, 2.05) is 6.07 Å². The predicted octanol–water partition coefficient (Wildman–Crippen LogP) is 3.11. The van der Waals surface area contributed by atoms with Gasteiger partial charge in [-0.3, -0.25) is 4.79 Å². The zero-order valence-electron chi connectivity index (χ0n) is 9.21. The van der Waals surface area contributed by atoms with E-state index in [2.05, 4.69) is 0 Å². The van der Waals surface area contributed by atoms with Gasteiger partial charge < -0.3 is 5.11 Å². The number of benzene rings is 1. The summed E-state index contributed by atoms with van der Waals surface area (Å²) in [5.74, 6) is -1.24. The molecule has 7 heteroatoms. The van der Waals surface area contributed by atoms with Crippen LogP contribution in [-0.4, -0.2) is 16.6 Å². The van der Waals surface area contributed by atoms with Crippen LogP contribution in [0.3, 0.4) is 0 Å². The van der Waals surface area contributed by atoms with Crippen LogP contribution in [0.1, 0.15) is 16.7 Å². The van der Waals surface area contributed by atoms with E-state index in [1.54, 1.807) is 0 Å². The molecule has 1 aromatic rings. The Morgan fingerprint density at radius 2 is 2.11 bits per heavy atom. The molecule has 0 heterocycles. The van der Waals surface area contributed by atoms with Crippen LogP contribution in [0.15, 0.2) is 17.0 Å². The molecule has 0 amide bonds. The maximum absolute atomic E-state index is 12.3. The number of thioether (sulfide) groups is 1. The topological polar surface area (TPSA) is 61.1 Å². The summed E-state index contributed by atoms with van der Waals surface area (Å²) in [5.41, 5.74) is -4.01. The number of rotatable bonds is 3. The first kappa shape index (κ1) is 14.4. The summed E-state index contributed by atoms with van der Waals surface area (Å²) in [6, 6.07) is 4.20. The Balaban J connectivity index is 3.30. The molecule has 96 valence electrons. The first-order chi connectivity index (χ1) is 8.24. The Bertz CT molecular complexity index is 520. The van der Waals surface area contributed by atoms with Crippen LogP contribution in [0.4, 0.5) is 13.2 Å². The first-order valence-electron chi connectivity index (χ1n) is 4.74. The number of aliphatic carboxylic acids is 1. The molecule has 18 heavy (non-hydrogen) atoms. The molecule has 3 nitrogen and oxygen atoms in total. The van der Waals surface area contributed by atoms with Crippen LogP contribution in [-0.2, 0) is 11.2 Å². The van der Waals surface area contributed by atoms with Gasteiger partial charge in [0.2, 0.25) is 0 Å². The van der Waals surface area contributed by atoms with Crippen molar-refractivity contribution < 1.29 is 23.1 Å². The van der Waals surface area contributed by atoms with Gasteiger partial charge in [0, 0.05) is 4.90 Å². The minimum atomic E-state index is -4.49. The van der Waals surface area contributed by atoms with Crippen molar-refractivity contribution in [1.82, 2.24) is 0 Å². The molecule has 0 bridgehead atoms. The van der Waals surface area contributed by atoms with Crippen LogP contribution in [0.25, 0.3) is 0 Å². The quantitative estimate of drug-likeness (QED) is 0.861. The molecule has 0 unspecified atom stereocenters. The molecule has 0 saturated carbocycles. The lowest BCUT2D eigenvalue weighted by molar-refractivity contribution is -0.136. The van der Waals surface area contributed by atoms with Crippen molar-refractivity contribution in [3.63, 3.8) is 0 Å². The largest absolute Gasteiger partial charge is 0.481 e. The molecule has 0 aromatic heterocycles. The summed E-state index contributed by atoms with van der Waals surface area (Å²) in [4.78, 5) is 10.5. The third-order valence-electron chi connectivity index (χ3n) is 2.23. The van der Waals surface area contributed by atoms with Gasteiger partial charge in [-0.15, -0.1) is 0 Å². The van der Waals surface area contributed by atoms with E-state index >= 15 is 0 Å². The van der Waals surface area contributed by atoms with Crippen molar-refractivity contribution in [2.75, 3.05) is 0 Å². The molecule has 0 aliphatic carbocycles. The van der Waals surface area contributed by atoms with Crippen molar-refractivity contribution in [2.45, 2.75) is 23.7 Å². The fourth-order valence-corrected chi connectivity index (χ4v) is 2.18. The second-order valence-corrected chi connectivity index (χ2v) is 4.55. The Morgan fingerprint density at radius 3 is 2.56 bits per heavy atom. The van der Waals surface area contributed by atoms with Crippen molar-refractivity contribution in [1.29, 1.82) is 5.26 Å². The maximum atomic E-state index is 12.3. The second kappa shape index (κ2) is 5.31. The molecule has 0 saturated heterocycles. The highest BCUT2D eigenvalue weighted by Gasteiger charge is 2.31. The highest BCUT2D eigenvalue weighted by Crippen LogP contribution is 2.40. The number of hydrogen-bond acceptors (Lipinski definition) is 3. The number of hydrogen-bond donors (Lipinski definition) is 1. The first-order valence-corrected chi connectivity index (χ1v) is 5.56. The number of carbonyl (C=O) groups is 1. The summed E-state index contributed by atoms with van der Waals surface area (Å²) in [6.07, 6.45) is -0.542. The summed E-state index contributed by atoms with van der Waals surface area (Å²) < 4.78 is 37.0. The van der Waals surface area contributed by atoms with Gasteiger partial charge in [-0.1, -0.05) is 0 Å². The van der Waals surface area contributed by atoms with Crippen LogP contribution in [0.5, 0.6) is 0 Å². The number of carboxylic acid groups (broad SMARTS) is 1. The molecule has 0 aliphatic heterocycles. The zero-order valence-corrected chi connectivity index (χ0v) is 10.0. The average Bonchev–Trinajstić information content (AvgIpc) is 2.21. The van der Waals surface area contributed by atoms with E-state index in [-0.39, 0.29) is 33.3 Å². The van der Waals surface area contributed by atoms with Crippen LogP contribution in [0.2, 0.25) is 0 Å². The third kappa shape index (κ3) is 3.67. The zero-order chi connectivity index (χ0) is 13.9. The van der Waals surface area contributed by atoms with Gasteiger partial charge in [0.05, 0.1) is 18.1 Å². The van der Waals surface area contributed by atoms with Crippen LogP contribution < -0.4 is 0 Å². The van der Waals surface area contributed by atoms with E-state index in [9.17, 15) is 18.0 Å². The minimum Gasteiger partial charge on any atom is -0.481 e. The van der Waals surface area contributed by atoms with Crippen molar-refractivity contribution in [2.24, 2.45) is 0 Å². The molecule has 1 rings (SSSR count). The van der Waals surface area contributed by atoms with Gasteiger partial charge in [-0.2, -0.15) is 18.4 Å². The standard InChI is InChI=1S/C11H8F3NO2S/c1-6-7(5-15)2-3-9(18-11(12,13)14)8(6)4-10(16)17/h2-3H,4H2,1H3,(H,16,17). The van der Waals surface area contributed by atoms with E-state index < -0.39 is 17.9 Å². The Kier molecular flexibility index (Phi) is 4.24. The van der Waals surface area contributed by atoms with Crippen LogP contribution in [0, 0.1) is 18.3 Å². The highest BCUT2D eigenvalue weighted by atomic mass is 32.2. The summed E-state index contributed by atoms with van der Waals surface area (Å²) in [6.45, 7) is 1.44. The van der Waals surface area contributed by atoms with Crippen molar-refractivity contribution in [3.8, 4) is 6.07 Å². The van der Waals surface area contributed by atoms with Crippen molar-refractivity contribution >= 4 is 17.7 Å². The van der Waals surface area contributed by atoms with Gasteiger partial charge >= 0.3 is 11.5 Å². The fourth-order valence-electron chi connectivity index (χ4n) is 1.44. The van der Waals surface area contributed by atoms with E-state index in [4.69, 9.17) is 10.4 Å². The lowest BCUT2D eigenvalue weighted by atomic mass is 10.0. The van der Waals surface area contributed by atoms with Gasteiger partial charge in [-0.25, -0.2) is 0 Å². The normalized spacial score (nSPS) is 11.1. The molecular formula is C11H8F3NO2S. The van der Waals surface area contributed by atoms with Crippen LogP contribution >= 0.6 is 11.8 Å². The lowest BCUT2D eigenvalue weighted by Gasteiger charge is -2.13. The van der Waals surface area contributed by atoms with E-state index in [1.165, 1.54) is 13.0 Å². The average molecular weight is 275 g/mol. The molecule has 0 aliphatic rings. The number of nitrogens with zero attached hydrogens (tertiary/aromatic N) is 1. The monoisotopic (exact) mass is 275 g/mol. The van der Waals surface area contributed by atoms with Gasteiger partial charge in [-0.05, 0) is 41.9 Å². The predicted molar refractivity (Wildman–Crippen MR) is 59.1 cm³/mol. The fraction of sp³-hybridized carbons (Fsp3) is 0.273. The smallest absolute Gasteiger partial charge is 0.446 e. The Labute approximate surface area is 105 Å². The lowest BCUT2D eigenvalue weighted by Crippen LogP contribution is -2.08. The SMILES string of the molecule is Cc1c(C#N)ccc(SC(F)(F)F)c1CC(=O)O. The molecular weight excluding hydrogens is 267 g/mol. The summed E-state index contributed by atoms with van der Waals surface area (Å²) >= 11 is -0.370. The third-order valence-corrected chi connectivity index (χ3v) is 3.06. The Morgan fingerprint density at radius 1 is 1.50 bits per heavy atom. The molecule has 0 atom stereocenters. The van der Waals surface area contributed by atoms with E-state index in [0.717, 1.165) is 6.07 Å². The number of halogens is 3. The molecule has 0 fully saturated rings. The summed E-state index contributed by atoms with van der Waals surface area (Å²) in [7, 11) is 0. The number of carboxylic acids is 1. The Hall–Kier alpha value is -1.68. The molecule has 1 aromatic carbocycles. The highest BCUT2D eigenvalue weighted by molar-refractivity contribution is 8.00. The number of nitriles is 1. The second-order valence-electron chi connectivity index (χ2n) is 3.44. The van der Waals surface area contributed by atoms with Crippen molar-refractivity contribution in [3.05, 3.63) is 28.8 Å². The number of alkyl halides is 3. The summed E-state index contributed by atoms with van der Waals surface area (Å²) in [5, 5.41) is 17.5. The molecule has 1 N–H and O–H groups in total. The molecule has 0 radical (unpaired) electrons. The minimum absolute atomic E-state index is 0.0314. The van der Waals surface area contributed by atoms with E-state index in [0.29, 0.717) is 0 Å². The van der Waals surface area contributed by atoms with Gasteiger partial charge in [0.1, 0.15) is 0 Å². The van der Waals surface area contributed by atoms with Gasteiger partial charge in [0.15, 0.2) is 0 Å². The maximum Gasteiger partial charge on any atom is 0.446 e. The molecule has 0 spiro atoms.